The smallest absolute Gasteiger partial charge is 0.135 e. The van der Waals surface area contributed by atoms with Crippen LogP contribution in [-0.2, 0) is 0 Å². The summed E-state index contributed by atoms with van der Waals surface area (Å²) in [5, 5.41) is 13.9. The van der Waals surface area contributed by atoms with E-state index in [-0.39, 0.29) is 0 Å². The molecule has 2 N–H and O–H groups in total. The molecule has 0 radical (unpaired) electrons. The minimum Gasteiger partial charge on any atom is -0.385 e. The molecule has 0 aliphatic carbocycles. The first kappa shape index (κ1) is 12.9. The monoisotopic (exact) mass is 270 g/mol. The molecule has 2 heterocycles. The van der Waals surface area contributed by atoms with Crippen LogP contribution in [0.2, 0.25) is 0 Å². The van der Waals surface area contributed by atoms with Crippen LogP contribution in [0.25, 0.3) is 22.3 Å². The Morgan fingerprint density at radius 1 is 1.20 bits per heavy atom. The van der Waals surface area contributed by atoms with Gasteiger partial charge in [0.05, 0.1) is 16.7 Å². The van der Waals surface area contributed by atoms with Crippen LogP contribution in [0.5, 0.6) is 0 Å². The van der Waals surface area contributed by atoms with Gasteiger partial charge in [-0.15, -0.1) is 0 Å². The van der Waals surface area contributed by atoms with Gasteiger partial charge in [-0.1, -0.05) is 6.07 Å². The van der Waals surface area contributed by atoms with Gasteiger partial charge < -0.3 is 10.1 Å². The van der Waals surface area contributed by atoms with Crippen LogP contribution in [0.4, 0.5) is 0 Å². The highest BCUT2D eigenvalue weighted by atomic mass is 16.3. The number of H-pyrrole nitrogens is 1. The Labute approximate surface area is 117 Å². The molecule has 1 aromatic carbocycles. The minimum absolute atomic E-state index is 0.311. The largest absolute Gasteiger partial charge is 0.385 e. The van der Waals surface area contributed by atoms with Gasteiger partial charge >= 0.3 is 0 Å². The number of aliphatic hydroxyl groups is 1. The number of aliphatic hydroxyl groups excluding tert-OH is 1. The molecule has 0 saturated carbocycles. The summed E-state index contributed by atoms with van der Waals surface area (Å²) < 4.78 is 1.99. The first-order valence-electron chi connectivity index (χ1n) is 6.78. The number of hydrogen-bond donors (Lipinski definition) is 2. The van der Waals surface area contributed by atoms with Crippen molar-refractivity contribution in [3.63, 3.8) is 0 Å². The fraction of sp³-hybridized carbons (Fsp3) is 0.333. The first-order valence-corrected chi connectivity index (χ1v) is 6.78. The van der Waals surface area contributed by atoms with Gasteiger partial charge in [0.15, 0.2) is 0 Å². The van der Waals surface area contributed by atoms with E-state index >= 15 is 0 Å². The first-order chi connectivity index (χ1) is 9.56. The van der Waals surface area contributed by atoms with E-state index < -0.39 is 6.10 Å². The molecule has 3 rings (SSSR count). The van der Waals surface area contributed by atoms with E-state index in [4.69, 9.17) is 0 Å². The van der Waals surface area contributed by atoms with Gasteiger partial charge in [0.1, 0.15) is 11.9 Å². The summed E-state index contributed by atoms with van der Waals surface area (Å²) in [6.45, 7) is 5.92. The van der Waals surface area contributed by atoms with Crippen LogP contribution in [0.1, 0.15) is 38.7 Å². The van der Waals surface area contributed by atoms with E-state index in [0.717, 1.165) is 22.3 Å². The third kappa shape index (κ3) is 2.10. The quantitative estimate of drug-likeness (QED) is 0.768. The van der Waals surface area contributed by atoms with E-state index in [2.05, 4.69) is 28.9 Å². The van der Waals surface area contributed by atoms with E-state index in [1.807, 2.05) is 35.1 Å². The molecular weight excluding hydrogens is 252 g/mol. The maximum atomic E-state index is 9.59. The van der Waals surface area contributed by atoms with Crippen LogP contribution in [0, 0.1) is 0 Å². The molecule has 1 atom stereocenters. The summed E-state index contributed by atoms with van der Waals surface area (Å²) in [7, 11) is 0. The zero-order valence-electron chi connectivity index (χ0n) is 11.8. The average molecular weight is 270 g/mol. The molecule has 2 aromatic heterocycles. The molecule has 0 spiro atoms. The molecule has 5 heteroatoms. The van der Waals surface area contributed by atoms with Crippen LogP contribution < -0.4 is 0 Å². The molecule has 0 bridgehead atoms. The number of imidazole rings is 1. The fourth-order valence-corrected chi connectivity index (χ4v) is 2.34. The molecule has 3 aromatic rings. The van der Waals surface area contributed by atoms with Gasteiger partial charge in [-0.05, 0) is 39.0 Å². The van der Waals surface area contributed by atoms with Crippen molar-refractivity contribution in [3.8, 4) is 11.3 Å². The van der Waals surface area contributed by atoms with Gasteiger partial charge in [-0.25, -0.2) is 4.98 Å². The van der Waals surface area contributed by atoms with Gasteiger partial charge in [0.25, 0.3) is 0 Å². The molecule has 0 fully saturated rings. The predicted molar refractivity (Wildman–Crippen MR) is 78.3 cm³/mol. The normalized spacial score (nSPS) is 13.2. The molecular formula is C15H18N4O. The second-order valence-corrected chi connectivity index (χ2v) is 5.28. The van der Waals surface area contributed by atoms with E-state index in [1.54, 1.807) is 6.92 Å². The van der Waals surface area contributed by atoms with Crippen LogP contribution in [-0.4, -0.2) is 24.9 Å². The van der Waals surface area contributed by atoms with Crippen molar-refractivity contribution in [3.05, 3.63) is 36.3 Å². The maximum absolute atomic E-state index is 9.59. The molecule has 20 heavy (non-hydrogen) atoms. The van der Waals surface area contributed by atoms with Crippen molar-refractivity contribution in [2.24, 2.45) is 0 Å². The highest BCUT2D eigenvalue weighted by Gasteiger charge is 2.11. The third-order valence-corrected chi connectivity index (χ3v) is 3.35. The number of nitrogens with one attached hydrogen (secondary N) is 1. The standard InChI is InChI=1S/C15H18N4O/c1-9(2)19-14(6-7-16-19)11-4-5-12-13(8-11)18-15(17-12)10(3)20/h4-10,20H,1-3H3,(H,17,18). The van der Waals surface area contributed by atoms with E-state index in [9.17, 15) is 5.11 Å². The Hall–Kier alpha value is -2.14. The topological polar surface area (TPSA) is 66.7 Å². The SMILES string of the molecule is CC(O)c1nc2ccc(-c3ccnn3C(C)C)cc2[nH]1. The number of rotatable bonds is 3. The van der Waals surface area contributed by atoms with Gasteiger partial charge in [0, 0.05) is 17.8 Å². The van der Waals surface area contributed by atoms with E-state index in [0.29, 0.717) is 11.9 Å². The Morgan fingerprint density at radius 3 is 2.70 bits per heavy atom. The number of nitrogens with zero attached hydrogens (tertiary/aromatic N) is 3. The summed E-state index contributed by atoms with van der Waals surface area (Å²) in [6, 6.07) is 8.36. The number of hydrogen-bond acceptors (Lipinski definition) is 3. The number of aromatic amines is 1. The van der Waals surface area contributed by atoms with Gasteiger partial charge in [-0.2, -0.15) is 5.10 Å². The molecule has 0 aliphatic heterocycles. The van der Waals surface area contributed by atoms with Crippen molar-refractivity contribution in [1.29, 1.82) is 0 Å². The van der Waals surface area contributed by atoms with Gasteiger partial charge in [0.2, 0.25) is 0 Å². The lowest BCUT2D eigenvalue weighted by Gasteiger charge is -2.10. The molecule has 0 aliphatic rings. The molecule has 5 nitrogen and oxygen atoms in total. The lowest BCUT2D eigenvalue weighted by atomic mass is 10.1. The van der Waals surface area contributed by atoms with Crippen molar-refractivity contribution >= 4 is 11.0 Å². The van der Waals surface area contributed by atoms with Crippen LogP contribution in [0.3, 0.4) is 0 Å². The summed E-state index contributed by atoms with van der Waals surface area (Å²) in [6.07, 6.45) is 1.22. The van der Waals surface area contributed by atoms with Crippen LogP contribution in [0.15, 0.2) is 30.5 Å². The Balaban J connectivity index is 2.10. The number of benzene rings is 1. The predicted octanol–water partition coefficient (Wildman–Crippen LogP) is 3.06. The third-order valence-electron chi connectivity index (χ3n) is 3.35. The van der Waals surface area contributed by atoms with Crippen molar-refractivity contribution < 1.29 is 5.11 Å². The molecule has 0 amide bonds. The number of aromatic nitrogens is 4. The lowest BCUT2D eigenvalue weighted by molar-refractivity contribution is 0.190. The lowest BCUT2D eigenvalue weighted by Crippen LogP contribution is -2.04. The Bertz CT molecular complexity index is 739. The molecule has 0 saturated heterocycles. The second kappa shape index (κ2) is 4.76. The number of fused-ring (bicyclic) bond motifs is 1. The summed E-state index contributed by atoms with van der Waals surface area (Å²) in [5.41, 5.74) is 3.95. The fourth-order valence-electron chi connectivity index (χ4n) is 2.34. The van der Waals surface area contributed by atoms with Gasteiger partial charge in [-0.3, -0.25) is 4.68 Å². The average Bonchev–Trinajstić information content (AvgIpc) is 3.04. The maximum Gasteiger partial charge on any atom is 0.135 e. The minimum atomic E-state index is -0.591. The summed E-state index contributed by atoms with van der Waals surface area (Å²) in [5.74, 6) is 0.592. The highest BCUT2D eigenvalue weighted by Crippen LogP contribution is 2.26. The second-order valence-electron chi connectivity index (χ2n) is 5.28. The summed E-state index contributed by atoms with van der Waals surface area (Å²) >= 11 is 0. The van der Waals surface area contributed by atoms with Crippen molar-refractivity contribution in [1.82, 2.24) is 19.7 Å². The zero-order chi connectivity index (χ0) is 14.3. The molecule has 104 valence electrons. The highest BCUT2D eigenvalue weighted by molar-refractivity contribution is 5.81. The Morgan fingerprint density at radius 2 is 2.00 bits per heavy atom. The summed E-state index contributed by atoms with van der Waals surface area (Å²) in [4.78, 5) is 7.52. The zero-order valence-corrected chi connectivity index (χ0v) is 11.8. The van der Waals surface area contributed by atoms with E-state index in [1.165, 1.54) is 0 Å². The Kier molecular flexibility index (Phi) is 3.06. The van der Waals surface area contributed by atoms with Crippen molar-refractivity contribution in [2.75, 3.05) is 0 Å². The van der Waals surface area contributed by atoms with Crippen molar-refractivity contribution in [2.45, 2.75) is 32.9 Å². The van der Waals surface area contributed by atoms with Crippen LogP contribution >= 0.6 is 0 Å². The molecule has 1 unspecified atom stereocenters.